The van der Waals surface area contributed by atoms with Gasteiger partial charge in [0, 0.05) is 19.4 Å². The van der Waals surface area contributed by atoms with Crippen LogP contribution < -0.4 is 10.6 Å². The van der Waals surface area contributed by atoms with Crippen LogP contribution in [0.15, 0.2) is 30.3 Å². The largest absolute Gasteiger partial charge is 0.479 e. The van der Waals surface area contributed by atoms with Crippen LogP contribution in [0.25, 0.3) is 0 Å². The Morgan fingerprint density at radius 3 is 2.29 bits per heavy atom. The highest BCUT2D eigenvalue weighted by Crippen LogP contribution is 2.12. The summed E-state index contributed by atoms with van der Waals surface area (Å²) in [7, 11) is 0. The molecule has 0 heterocycles. The van der Waals surface area contributed by atoms with E-state index in [1.165, 1.54) is 0 Å². The lowest BCUT2D eigenvalue weighted by molar-refractivity contribution is -0.142. The van der Waals surface area contributed by atoms with Gasteiger partial charge in [0.1, 0.15) is 0 Å². The molecule has 1 rings (SSSR count). The van der Waals surface area contributed by atoms with Crippen LogP contribution in [0.3, 0.4) is 0 Å². The third-order valence-electron chi connectivity index (χ3n) is 2.84. The monoisotopic (exact) mass is 292 g/mol. The fraction of sp³-hybridized carbons (Fsp3) is 0.400. The molecule has 0 fully saturated rings. The van der Waals surface area contributed by atoms with Crippen LogP contribution in [-0.4, -0.2) is 29.4 Å². The summed E-state index contributed by atoms with van der Waals surface area (Å²) >= 11 is 0. The van der Waals surface area contributed by atoms with E-state index in [4.69, 9.17) is 0 Å². The Hall–Kier alpha value is -2.37. The zero-order valence-corrected chi connectivity index (χ0v) is 12.0. The molecule has 0 radical (unpaired) electrons. The van der Waals surface area contributed by atoms with Crippen molar-refractivity contribution in [3.05, 3.63) is 35.9 Å². The molecule has 1 atom stereocenters. The second-order valence-corrected chi connectivity index (χ2v) is 4.60. The highest BCUT2D eigenvalue weighted by atomic mass is 16.4. The maximum atomic E-state index is 11.8. The van der Waals surface area contributed by atoms with E-state index in [0.29, 0.717) is 12.1 Å². The third-order valence-corrected chi connectivity index (χ3v) is 2.84. The van der Waals surface area contributed by atoms with Crippen LogP contribution in [0.1, 0.15) is 37.8 Å². The highest BCUT2D eigenvalue weighted by Gasteiger charge is 2.21. The smallest absolute Gasteiger partial charge is 0.330 e. The molecule has 3 N–H and O–H groups in total. The van der Waals surface area contributed by atoms with Crippen molar-refractivity contribution >= 4 is 17.8 Å². The van der Waals surface area contributed by atoms with Crippen molar-refractivity contribution in [1.29, 1.82) is 0 Å². The molecule has 114 valence electrons. The third kappa shape index (κ3) is 6.07. The molecule has 0 aliphatic carbocycles. The van der Waals surface area contributed by atoms with E-state index in [2.05, 4.69) is 10.6 Å². The van der Waals surface area contributed by atoms with E-state index in [0.717, 1.165) is 6.42 Å². The average Bonchev–Trinajstić information content (AvgIpc) is 2.49. The van der Waals surface area contributed by atoms with Gasteiger partial charge in [0.15, 0.2) is 6.04 Å². The zero-order chi connectivity index (χ0) is 15.7. The molecule has 2 amide bonds. The molecule has 21 heavy (non-hydrogen) atoms. The molecule has 0 aromatic heterocycles. The minimum absolute atomic E-state index is 0.0356. The van der Waals surface area contributed by atoms with Crippen LogP contribution in [-0.2, 0) is 14.4 Å². The van der Waals surface area contributed by atoms with E-state index in [-0.39, 0.29) is 18.7 Å². The van der Waals surface area contributed by atoms with Crippen molar-refractivity contribution in [2.45, 2.75) is 32.2 Å². The quantitative estimate of drug-likeness (QED) is 0.671. The molecule has 1 aromatic carbocycles. The van der Waals surface area contributed by atoms with Crippen LogP contribution in [0, 0.1) is 0 Å². The van der Waals surface area contributed by atoms with Gasteiger partial charge in [-0.15, -0.1) is 0 Å². The predicted molar refractivity (Wildman–Crippen MR) is 77.5 cm³/mol. The van der Waals surface area contributed by atoms with Gasteiger partial charge in [0.05, 0.1) is 0 Å². The molecule has 0 spiro atoms. The molecule has 6 nitrogen and oxygen atoms in total. The lowest BCUT2D eigenvalue weighted by Crippen LogP contribution is -2.34. The molecular formula is C15H20N2O4. The van der Waals surface area contributed by atoms with Gasteiger partial charge in [0.2, 0.25) is 11.8 Å². The first-order valence-corrected chi connectivity index (χ1v) is 6.88. The SMILES string of the molecule is CCCNC(=O)CCC(=O)N[C@@H](C(=O)O)c1ccccc1. The average molecular weight is 292 g/mol. The van der Waals surface area contributed by atoms with E-state index >= 15 is 0 Å². The normalized spacial score (nSPS) is 11.5. The number of benzene rings is 1. The van der Waals surface area contributed by atoms with E-state index in [1.54, 1.807) is 30.3 Å². The molecule has 0 saturated heterocycles. The zero-order valence-electron chi connectivity index (χ0n) is 12.0. The highest BCUT2D eigenvalue weighted by molar-refractivity contribution is 5.87. The first-order chi connectivity index (χ1) is 10.0. The summed E-state index contributed by atoms with van der Waals surface area (Å²) in [5.74, 6) is -1.80. The van der Waals surface area contributed by atoms with Crippen LogP contribution in [0.4, 0.5) is 0 Å². The number of hydrogen-bond acceptors (Lipinski definition) is 3. The second-order valence-electron chi connectivity index (χ2n) is 4.60. The maximum absolute atomic E-state index is 11.8. The van der Waals surface area contributed by atoms with Crippen LogP contribution in [0.5, 0.6) is 0 Å². The molecule has 1 aromatic rings. The summed E-state index contributed by atoms with van der Waals surface area (Å²) < 4.78 is 0. The van der Waals surface area contributed by atoms with Gasteiger partial charge in [-0.05, 0) is 12.0 Å². The van der Waals surface area contributed by atoms with Gasteiger partial charge < -0.3 is 15.7 Å². The lowest BCUT2D eigenvalue weighted by atomic mass is 10.1. The van der Waals surface area contributed by atoms with Gasteiger partial charge in [0.25, 0.3) is 0 Å². The molecule has 0 aliphatic rings. The number of carboxylic acid groups (broad SMARTS) is 1. The summed E-state index contributed by atoms with van der Waals surface area (Å²) in [6.45, 7) is 2.51. The molecule has 0 aliphatic heterocycles. The van der Waals surface area contributed by atoms with Gasteiger partial charge in [-0.2, -0.15) is 0 Å². The van der Waals surface area contributed by atoms with Crippen LogP contribution >= 0.6 is 0 Å². The second kappa shape index (κ2) is 8.73. The van der Waals surface area contributed by atoms with Gasteiger partial charge in [-0.1, -0.05) is 37.3 Å². The van der Waals surface area contributed by atoms with E-state index in [1.807, 2.05) is 6.92 Å². The molecule has 0 unspecified atom stereocenters. The molecule has 0 bridgehead atoms. The van der Waals surface area contributed by atoms with Gasteiger partial charge in [-0.3, -0.25) is 9.59 Å². The number of aliphatic carboxylic acids is 1. The topological polar surface area (TPSA) is 95.5 Å². The molecule has 6 heteroatoms. The first-order valence-electron chi connectivity index (χ1n) is 6.88. The van der Waals surface area contributed by atoms with E-state index < -0.39 is 17.9 Å². The Balaban J connectivity index is 2.51. The summed E-state index contributed by atoms with van der Waals surface area (Å²) in [6, 6.07) is 7.34. The van der Waals surface area contributed by atoms with Crippen molar-refractivity contribution < 1.29 is 19.5 Å². The van der Waals surface area contributed by atoms with Gasteiger partial charge >= 0.3 is 5.97 Å². The van der Waals surface area contributed by atoms with Crippen molar-refractivity contribution in [1.82, 2.24) is 10.6 Å². The number of amides is 2. The van der Waals surface area contributed by atoms with Crippen molar-refractivity contribution in [2.24, 2.45) is 0 Å². The van der Waals surface area contributed by atoms with Crippen molar-refractivity contribution in [3.8, 4) is 0 Å². The Labute approximate surface area is 123 Å². The van der Waals surface area contributed by atoms with Crippen molar-refractivity contribution in [3.63, 3.8) is 0 Å². The number of hydrogen-bond donors (Lipinski definition) is 3. The summed E-state index contributed by atoms with van der Waals surface area (Å²) in [5.41, 5.74) is 0.494. The lowest BCUT2D eigenvalue weighted by Gasteiger charge is -2.14. The minimum atomic E-state index is -1.13. The number of carboxylic acids is 1. The number of carbonyl (C=O) groups is 3. The number of carbonyl (C=O) groups excluding carboxylic acids is 2. The Kier molecular flexibility index (Phi) is 6.94. The standard InChI is InChI=1S/C15H20N2O4/c1-2-10-16-12(18)8-9-13(19)17-14(15(20)21)11-6-4-3-5-7-11/h3-7,14H,2,8-10H2,1H3,(H,16,18)(H,17,19)(H,20,21)/t14-/m1/s1. The summed E-state index contributed by atoms with van der Waals surface area (Å²) in [5, 5.41) is 14.3. The predicted octanol–water partition coefficient (Wildman–Crippen LogP) is 1.23. The number of nitrogens with one attached hydrogen (secondary N) is 2. The van der Waals surface area contributed by atoms with Gasteiger partial charge in [-0.25, -0.2) is 4.79 Å². The Morgan fingerprint density at radius 1 is 1.10 bits per heavy atom. The molecular weight excluding hydrogens is 272 g/mol. The van der Waals surface area contributed by atoms with Crippen molar-refractivity contribution in [2.75, 3.05) is 6.54 Å². The molecule has 0 saturated carbocycles. The number of rotatable bonds is 8. The fourth-order valence-corrected chi connectivity index (χ4v) is 1.75. The Morgan fingerprint density at radius 2 is 1.71 bits per heavy atom. The Bertz CT molecular complexity index is 488. The van der Waals surface area contributed by atoms with Crippen LogP contribution in [0.2, 0.25) is 0 Å². The fourth-order valence-electron chi connectivity index (χ4n) is 1.75. The summed E-state index contributed by atoms with van der Waals surface area (Å²) in [4.78, 5) is 34.4. The minimum Gasteiger partial charge on any atom is -0.479 e. The first kappa shape index (κ1) is 16.7. The maximum Gasteiger partial charge on any atom is 0.330 e. The van der Waals surface area contributed by atoms with E-state index in [9.17, 15) is 19.5 Å². The summed E-state index contributed by atoms with van der Waals surface area (Å²) in [6.07, 6.45) is 0.839.